The van der Waals surface area contributed by atoms with Crippen LogP contribution >= 0.6 is 24.0 Å². The van der Waals surface area contributed by atoms with Crippen molar-refractivity contribution in [3.63, 3.8) is 0 Å². The van der Waals surface area contributed by atoms with Crippen LogP contribution in [0.25, 0.3) is 0 Å². The Balaban J connectivity index is 2.22. The monoisotopic (exact) mass is 380 g/mol. The van der Waals surface area contributed by atoms with Crippen molar-refractivity contribution in [3.05, 3.63) is 40.1 Å². The normalized spacial score (nSPS) is 13.7. The number of benzene rings is 1. The second-order valence-electron chi connectivity index (χ2n) is 8.18. The summed E-state index contributed by atoms with van der Waals surface area (Å²) in [5, 5.41) is 6.66. The Hall–Kier alpha value is -1.27. The van der Waals surface area contributed by atoms with Gasteiger partial charge >= 0.3 is 0 Å². The maximum Gasteiger partial charge on any atom is 0.284 e. The van der Waals surface area contributed by atoms with Crippen molar-refractivity contribution < 1.29 is 9.15 Å². The van der Waals surface area contributed by atoms with Gasteiger partial charge in [-0.3, -0.25) is 0 Å². The van der Waals surface area contributed by atoms with Gasteiger partial charge in [-0.25, -0.2) is 5.10 Å². The molecule has 2 aromatic rings. The molecule has 0 aliphatic carbocycles. The Morgan fingerprint density at radius 2 is 1.88 bits per heavy atom. The standard InChI is InChI=1S/C19H28N2O2S2/c1-12(25-11-15-20-21-17(24)23-15)22-14-10-8-9-13(18(2,3)4)16(14)19(5,6)7/h8-10,12H,11H2,1-7H3,(H,21,24). The summed E-state index contributed by atoms with van der Waals surface area (Å²) in [5.41, 5.74) is 2.63. The molecule has 0 radical (unpaired) electrons. The van der Waals surface area contributed by atoms with Crippen molar-refractivity contribution in [1.82, 2.24) is 10.2 Å². The first-order chi connectivity index (χ1) is 11.5. The largest absolute Gasteiger partial charge is 0.480 e. The fourth-order valence-electron chi connectivity index (χ4n) is 2.75. The summed E-state index contributed by atoms with van der Waals surface area (Å²) >= 11 is 6.53. The lowest BCUT2D eigenvalue weighted by Gasteiger charge is -2.32. The molecule has 1 aromatic carbocycles. The molecule has 1 aromatic heterocycles. The molecule has 0 aliphatic heterocycles. The molecular weight excluding hydrogens is 352 g/mol. The fraction of sp³-hybridized carbons (Fsp3) is 0.579. The van der Waals surface area contributed by atoms with Crippen LogP contribution in [0.2, 0.25) is 0 Å². The summed E-state index contributed by atoms with van der Waals surface area (Å²) < 4.78 is 11.6. The molecule has 0 saturated carbocycles. The fourth-order valence-corrected chi connectivity index (χ4v) is 3.57. The minimum Gasteiger partial charge on any atom is -0.480 e. The third-order valence-corrected chi connectivity index (χ3v) is 4.95. The molecule has 1 heterocycles. The third kappa shape index (κ3) is 5.35. The Morgan fingerprint density at radius 1 is 1.20 bits per heavy atom. The highest BCUT2D eigenvalue weighted by molar-refractivity contribution is 7.98. The van der Waals surface area contributed by atoms with E-state index in [1.807, 2.05) is 6.92 Å². The van der Waals surface area contributed by atoms with Crippen molar-refractivity contribution in [3.8, 4) is 5.75 Å². The van der Waals surface area contributed by atoms with E-state index in [0.29, 0.717) is 16.5 Å². The minimum atomic E-state index is -0.0308. The zero-order valence-corrected chi connectivity index (χ0v) is 17.7. The van der Waals surface area contributed by atoms with Gasteiger partial charge in [0.2, 0.25) is 5.89 Å². The van der Waals surface area contributed by atoms with Gasteiger partial charge in [-0.2, -0.15) is 0 Å². The highest BCUT2D eigenvalue weighted by atomic mass is 32.2. The van der Waals surface area contributed by atoms with Crippen LogP contribution in [-0.2, 0) is 16.6 Å². The molecule has 4 nitrogen and oxygen atoms in total. The lowest BCUT2D eigenvalue weighted by molar-refractivity contribution is 0.297. The van der Waals surface area contributed by atoms with Gasteiger partial charge in [0.15, 0.2) is 0 Å². The zero-order valence-electron chi connectivity index (χ0n) is 16.1. The molecule has 0 aliphatic rings. The van der Waals surface area contributed by atoms with Gasteiger partial charge in [-0.1, -0.05) is 53.7 Å². The average molecular weight is 381 g/mol. The van der Waals surface area contributed by atoms with Crippen LogP contribution in [0.3, 0.4) is 0 Å². The summed E-state index contributed by atoms with van der Waals surface area (Å²) in [4.78, 5) is 0.303. The van der Waals surface area contributed by atoms with Crippen LogP contribution in [0, 0.1) is 4.84 Å². The number of nitrogens with zero attached hydrogens (tertiary/aromatic N) is 1. The number of nitrogens with one attached hydrogen (secondary N) is 1. The summed E-state index contributed by atoms with van der Waals surface area (Å²) in [6.45, 7) is 15.5. The topological polar surface area (TPSA) is 51.0 Å². The minimum absolute atomic E-state index is 0.00164. The van der Waals surface area contributed by atoms with Crippen LogP contribution in [0.4, 0.5) is 0 Å². The second kappa shape index (κ2) is 7.54. The smallest absolute Gasteiger partial charge is 0.284 e. The van der Waals surface area contributed by atoms with E-state index in [-0.39, 0.29) is 16.3 Å². The van der Waals surface area contributed by atoms with Crippen LogP contribution in [0.15, 0.2) is 22.6 Å². The van der Waals surface area contributed by atoms with E-state index in [4.69, 9.17) is 21.4 Å². The molecule has 1 unspecified atom stereocenters. The van der Waals surface area contributed by atoms with Gasteiger partial charge < -0.3 is 9.15 Å². The van der Waals surface area contributed by atoms with E-state index >= 15 is 0 Å². The van der Waals surface area contributed by atoms with Crippen molar-refractivity contribution in [2.24, 2.45) is 0 Å². The van der Waals surface area contributed by atoms with Crippen molar-refractivity contribution in [2.45, 2.75) is 70.5 Å². The molecular formula is C19H28N2O2S2. The number of H-pyrrole nitrogens is 1. The summed E-state index contributed by atoms with van der Waals surface area (Å²) in [7, 11) is 0. The predicted molar refractivity (Wildman–Crippen MR) is 107 cm³/mol. The molecule has 0 saturated heterocycles. The van der Waals surface area contributed by atoms with Gasteiger partial charge in [-0.05, 0) is 41.6 Å². The van der Waals surface area contributed by atoms with E-state index < -0.39 is 0 Å². The highest BCUT2D eigenvalue weighted by Gasteiger charge is 2.29. The van der Waals surface area contributed by atoms with Crippen LogP contribution in [-0.4, -0.2) is 15.6 Å². The van der Waals surface area contributed by atoms with Crippen molar-refractivity contribution in [1.29, 1.82) is 0 Å². The third-order valence-electron chi connectivity index (χ3n) is 3.80. The summed E-state index contributed by atoms with van der Waals surface area (Å²) in [5.74, 6) is 2.14. The number of hydrogen-bond donors (Lipinski definition) is 1. The van der Waals surface area contributed by atoms with Crippen LogP contribution < -0.4 is 4.74 Å². The van der Waals surface area contributed by atoms with Gasteiger partial charge in [0.1, 0.15) is 11.2 Å². The molecule has 0 fully saturated rings. The quantitative estimate of drug-likeness (QED) is 0.510. The number of ether oxygens (including phenoxy) is 1. The molecule has 6 heteroatoms. The van der Waals surface area contributed by atoms with Crippen LogP contribution in [0.1, 0.15) is 65.5 Å². The second-order valence-corrected chi connectivity index (χ2v) is 9.84. The Kier molecular flexibility index (Phi) is 6.05. The van der Waals surface area contributed by atoms with E-state index in [1.165, 1.54) is 11.1 Å². The van der Waals surface area contributed by atoms with Gasteiger partial charge in [0, 0.05) is 5.56 Å². The molecule has 2 rings (SSSR count). The van der Waals surface area contributed by atoms with E-state index in [1.54, 1.807) is 11.8 Å². The van der Waals surface area contributed by atoms with Crippen molar-refractivity contribution >= 4 is 24.0 Å². The number of rotatable bonds is 5. The van der Waals surface area contributed by atoms with Gasteiger partial charge in [-0.15, -0.1) is 16.9 Å². The lowest BCUT2D eigenvalue weighted by atomic mass is 9.75. The Morgan fingerprint density at radius 3 is 2.40 bits per heavy atom. The van der Waals surface area contributed by atoms with E-state index in [0.717, 1.165) is 5.75 Å². The highest BCUT2D eigenvalue weighted by Crippen LogP contribution is 2.40. The first kappa shape index (κ1) is 20.0. The Labute approximate surface area is 159 Å². The zero-order chi connectivity index (χ0) is 18.8. The molecule has 1 N–H and O–H groups in total. The van der Waals surface area contributed by atoms with Crippen LogP contribution in [0.5, 0.6) is 5.75 Å². The Bertz CT molecular complexity index is 767. The number of aromatic nitrogens is 2. The van der Waals surface area contributed by atoms with E-state index in [2.05, 4.69) is 69.9 Å². The molecule has 0 amide bonds. The maximum atomic E-state index is 6.29. The van der Waals surface area contributed by atoms with Gasteiger partial charge in [0.05, 0.1) is 5.75 Å². The lowest BCUT2D eigenvalue weighted by Crippen LogP contribution is -2.24. The van der Waals surface area contributed by atoms with Gasteiger partial charge in [0.25, 0.3) is 4.84 Å². The summed E-state index contributed by atoms with van der Waals surface area (Å²) in [6, 6.07) is 6.35. The molecule has 1 atom stereocenters. The SMILES string of the molecule is CC(Oc1cccc(C(C)(C)C)c1C(C)(C)C)SCc1n[nH]c(=S)o1. The first-order valence-corrected chi connectivity index (χ1v) is 9.91. The average Bonchev–Trinajstić information content (AvgIpc) is 2.88. The molecule has 138 valence electrons. The number of thioether (sulfide) groups is 1. The van der Waals surface area contributed by atoms with E-state index in [9.17, 15) is 0 Å². The number of hydrogen-bond acceptors (Lipinski definition) is 5. The summed E-state index contributed by atoms with van der Waals surface area (Å²) in [6.07, 6.45) is 0. The molecule has 0 bridgehead atoms. The molecule has 25 heavy (non-hydrogen) atoms. The predicted octanol–water partition coefficient (Wildman–Crippen LogP) is 5.99. The number of aromatic amines is 1. The van der Waals surface area contributed by atoms with Crippen molar-refractivity contribution in [2.75, 3.05) is 0 Å². The molecule has 0 spiro atoms. The first-order valence-electron chi connectivity index (χ1n) is 8.45. The maximum absolute atomic E-state index is 6.29.